The van der Waals surface area contributed by atoms with Gasteiger partial charge in [0.1, 0.15) is 0 Å². The molecule has 3 aromatic rings. The average Bonchev–Trinajstić information content (AvgIpc) is 3.30. The quantitative estimate of drug-likeness (QED) is 0.688. The summed E-state index contributed by atoms with van der Waals surface area (Å²) in [5, 5.41) is 9.12. The van der Waals surface area contributed by atoms with E-state index in [4.69, 9.17) is 4.52 Å². The summed E-state index contributed by atoms with van der Waals surface area (Å²) in [5.41, 5.74) is 0.902. The Hall–Kier alpha value is -2.47. The van der Waals surface area contributed by atoms with Gasteiger partial charge < -0.3 is 9.84 Å². The summed E-state index contributed by atoms with van der Waals surface area (Å²) in [4.78, 5) is 17.8. The summed E-state index contributed by atoms with van der Waals surface area (Å²) in [6.07, 6.45) is 0.756. The lowest BCUT2D eigenvalue weighted by Gasteiger charge is -2.21. The highest BCUT2D eigenvalue weighted by Gasteiger charge is 2.19. The van der Waals surface area contributed by atoms with Gasteiger partial charge in [0.05, 0.1) is 6.04 Å². The van der Waals surface area contributed by atoms with Crippen LogP contribution in [0.15, 0.2) is 52.4 Å². The second kappa shape index (κ2) is 8.07. The Morgan fingerprint density at radius 3 is 2.68 bits per heavy atom. The summed E-state index contributed by atoms with van der Waals surface area (Å²) in [6.45, 7) is 4.21. The number of carbonyl (C=O) groups excluding carboxylic acids is 1. The van der Waals surface area contributed by atoms with E-state index in [1.807, 2.05) is 41.8 Å². The van der Waals surface area contributed by atoms with E-state index >= 15 is 0 Å². The topological polar surface area (TPSA) is 68.0 Å². The van der Waals surface area contributed by atoms with Gasteiger partial charge in [0, 0.05) is 23.3 Å². The number of hydrogen-bond acceptors (Lipinski definition) is 5. The van der Waals surface area contributed by atoms with Crippen LogP contribution in [0.25, 0.3) is 11.4 Å². The highest BCUT2D eigenvalue weighted by Crippen LogP contribution is 2.26. The smallest absolute Gasteiger partial charge is 0.227 e. The molecule has 5 nitrogen and oxygen atoms in total. The molecule has 2 aromatic heterocycles. The summed E-state index contributed by atoms with van der Waals surface area (Å²) in [5.74, 6) is 1.35. The van der Waals surface area contributed by atoms with E-state index in [1.165, 1.54) is 4.88 Å². The number of hydrogen-bond donors (Lipinski definition) is 1. The van der Waals surface area contributed by atoms with E-state index in [1.54, 1.807) is 11.3 Å². The van der Waals surface area contributed by atoms with Crippen molar-refractivity contribution in [3.8, 4) is 11.4 Å². The second-order valence-electron chi connectivity index (χ2n) is 6.18. The van der Waals surface area contributed by atoms with Crippen LogP contribution in [0.4, 0.5) is 0 Å². The highest BCUT2D eigenvalue weighted by atomic mass is 32.1. The predicted octanol–water partition coefficient (Wildman–Crippen LogP) is 4.24. The summed E-state index contributed by atoms with van der Waals surface area (Å²) in [6, 6.07) is 13.7. The molecule has 1 N–H and O–H groups in total. The first kappa shape index (κ1) is 17.4. The molecule has 0 saturated heterocycles. The molecule has 0 spiro atoms. The fourth-order valence-corrected chi connectivity index (χ4v) is 3.51. The molecule has 2 heterocycles. The van der Waals surface area contributed by atoms with Gasteiger partial charge >= 0.3 is 0 Å². The first-order valence-electron chi connectivity index (χ1n) is 8.34. The third-order valence-electron chi connectivity index (χ3n) is 3.90. The Morgan fingerprint density at radius 2 is 2.00 bits per heavy atom. The van der Waals surface area contributed by atoms with Crippen LogP contribution in [0, 0.1) is 5.92 Å². The molecule has 1 atom stereocenters. The lowest BCUT2D eigenvalue weighted by molar-refractivity contribution is -0.122. The van der Waals surface area contributed by atoms with E-state index in [0.29, 0.717) is 30.5 Å². The molecule has 0 fully saturated rings. The number of nitrogens with one attached hydrogen (secondary N) is 1. The van der Waals surface area contributed by atoms with E-state index in [-0.39, 0.29) is 11.9 Å². The fourth-order valence-electron chi connectivity index (χ4n) is 2.56. The van der Waals surface area contributed by atoms with Crippen LogP contribution in [0.2, 0.25) is 0 Å². The van der Waals surface area contributed by atoms with Crippen LogP contribution in [-0.2, 0) is 11.2 Å². The summed E-state index contributed by atoms with van der Waals surface area (Å²) < 4.78 is 5.26. The van der Waals surface area contributed by atoms with Crippen molar-refractivity contribution < 1.29 is 9.32 Å². The van der Waals surface area contributed by atoms with Gasteiger partial charge in [-0.2, -0.15) is 4.98 Å². The molecule has 0 saturated carbocycles. The Kier molecular flexibility index (Phi) is 5.60. The number of amides is 1. The number of aromatic nitrogens is 2. The number of nitrogens with zero attached hydrogens (tertiary/aromatic N) is 2. The van der Waals surface area contributed by atoms with E-state index in [2.05, 4.69) is 35.4 Å². The van der Waals surface area contributed by atoms with Gasteiger partial charge in [-0.15, -0.1) is 11.3 Å². The van der Waals surface area contributed by atoms with Gasteiger partial charge in [-0.25, -0.2) is 0 Å². The van der Waals surface area contributed by atoms with Crippen molar-refractivity contribution >= 4 is 17.2 Å². The first-order chi connectivity index (χ1) is 12.1. The molecule has 130 valence electrons. The third kappa shape index (κ3) is 4.54. The maximum absolute atomic E-state index is 12.3. The van der Waals surface area contributed by atoms with Crippen LogP contribution >= 0.6 is 11.3 Å². The SMILES string of the molecule is CC(C)[C@@H](NC(=O)CCc1nc(-c2ccccc2)no1)c1cccs1. The molecular weight excluding hydrogens is 334 g/mol. The number of rotatable bonds is 7. The van der Waals surface area contributed by atoms with Gasteiger partial charge in [-0.1, -0.05) is 55.4 Å². The van der Waals surface area contributed by atoms with Gasteiger partial charge in [-0.3, -0.25) is 4.79 Å². The van der Waals surface area contributed by atoms with Crippen molar-refractivity contribution in [1.29, 1.82) is 0 Å². The minimum atomic E-state index is -0.00781. The van der Waals surface area contributed by atoms with E-state index < -0.39 is 0 Å². The number of thiophene rings is 1. The lowest BCUT2D eigenvalue weighted by atomic mass is 10.0. The summed E-state index contributed by atoms with van der Waals surface area (Å²) in [7, 11) is 0. The molecule has 0 aliphatic heterocycles. The van der Waals surface area contributed by atoms with Crippen molar-refractivity contribution in [1.82, 2.24) is 15.5 Å². The molecule has 25 heavy (non-hydrogen) atoms. The molecule has 6 heteroatoms. The molecule has 0 aliphatic rings. The zero-order chi connectivity index (χ0) is 17.6. The van der Waals surface area contributed by atoms with E-state index in [0.717, 1.165) is 5.56 Å². The second-order valence-corrected chi connectivity index (χ2v) is 7.16. The maximum atomic E-state index is 12.3. The average molecular weight is 355 g/mol. The van der Waals surface area contributed by atoms with Gasteiger partial charge in [-0.05, 0) is 17.4 Å². The molecular formula is C19H21N3O2S. The van der Waals surface area contributed by atoms with Gasteiger partial charge in [0.15, 0.2) is 0 Å². The monoisotopic (exact) mass is 355 g/mol. The minimum absolute atomic E-state index is 0.00781. The summed E-state index contributed by atoms with van der Waals surface area (Å²) >= 11 is 1.66. The Bertz CT molecular complexity index is 797. The first-order valence-corrected chi connectivity index (χ1v) is 9.22. The number of carbonyl (C=O) groups is 1. The standard InChI is InChI=1S/C19H21N3O2S/c1-13(2)18(15-9-6-12-25-15)20-16(23)10-11-17-21-19(22-24-17)14-7-4-3-5-8-14/h3-9,12-13,18H,10-11H2,1-2H3,(H,20,23)/t18-/m1/s1. The normalized spacial score (nSPS) is 12.3. The zero-order valence-electron chi connectivity index (χ0n) is 14.3. The molecule has 1 aromatic carbocycles. The van der Waals surface area contributed by atoms with Crippen molar-refractivity contribution in [3.05, 3.63) is 58.6 Å². The number of aryl methyl sites for hydroxylation is 1. The van der Waals surface area contributed by atoms with Crippen molar-refractivity contribution in [2.24, 2.45) is 5.92 Å². The van der Waals surface area contributed by atoms with Crippen LogP contribution in [0.5, 0.6) is 0 Å². The number of benzene rings is 1. The van der Waals surface area contributed by atoms with Crippen LogP contribution in [0.1, 0.15) is 37.1 Å². The van der Waals surface area contributed by atoms with Crippen LogP contribution in [-0.4, -0.2) is 16.0 Å². The van der Waals surface area contributed by atoms with Crippen LogP contribution in [0.3, 0.4) is 0 Å². The van der Waals surface area contributed by atoms with Crippen molar-refractivity contribution in [2.75, 3.05) is 0 Å². The predicted molar refractivity (Wildman–Crippen MR) is 98.1 cm³/mol. The molecule has 0 aliphatic carbocycles. The highest BCUT2D eigenvalue weighted by molar-refractivity contribution is 7.10. The molecule has 0 unspecified atom stereocenters. The van der Waals surface area contributed by atoms with Gasteiger partial charge in [0.2, 0.25) is 17.6 Å². The minimum Gasteiger partial charge on any atom is -0.348 e. The Morgan fingerprint density at radius 1 is 1.20 bits per heavy atom. The fraction of sp³-hybridized carbons (Fsp3) is 0.316. The molecule has 1 amide bonds. The lowest BCUT2D eigenvalue weighted by Crippen LogP contribution is -2.31. The maximum Gasteiger partial charge on any atom is 0.227 e. The Labute approximate surface area is 151 Å². The van der Waals surface area contributed by atoms with Crippen molar-refractivity contribution in [3.63, 3.8) is 0 Å². The third-order valence-corrected chi connectivity index (χ3v) is 4.85. The van der Waals surface area contributed by atoms with Gasteiger partial charge in [0.25, 0.3) is 0 Å². The Balaban J connectivity index is 1.56. The van der Waals surface area contributed by atoms with Crippen LogP contribution < -0.4 is 5.32 Å². The van der Waals surface area contributed by atoms with Crippen molar-refractivity contribution in [2.45, 2.75) is 32.7 Å². The van der Waals surface area contributed by atoms with E-state index in [9.17, 15) is 4.79 Å². The zero-order valence-corrected chi connectivity index (χ0v) is 15.1. The molecule has 0 radical (unpaired) electrons. The largest absolute Gasteiger partial charge is 0.348 e. The molecule has 0 bridgehead atoms. The molecule has 3 rings (SSSR count).